The Labute approximate surface area is 126 Å². The molecule has 0 spiro atoms. The third-order valence-electron chi connectivity index (χ3n) is 3.30. The molecule has 0 saturated heterocycles. The summed E-state index contributed by atoms with van der Waals surface area (Å²) in [6.45, 7) is 2.29. The molecule has 0 radical (unpaired) electrons. The highest BCUT2D eigenvalue weighted by Crippen LogP contribution is 2.17. The maximum absolute atomic E-state index is 5.95. The number of para-hydroxylation sites is 1. The average molecular weight is 286 g/mol. The fourth-order valence-corrected chi connectivity index (χ4v) is 2.04. The summed E-state index contributed by atoms with van der Waals surface area (Å²) in [7, 11) is 3.71. The van der Waals surface area contributed by atoms with Gasteiger partial charge in [-0.15, -0.1) is 0 Å². The smallest absolute Gasteiger partial charge is 0.119 e. The highest BCUT2D eigenvalue weighted by atomic mass is 16.5. The number of ether oxygens (including phenoxy) is 2. The summed E-state index contributed by atoms with van der Waals surface area (Å²) < 4.78 is 10.8. The molecule has 0 fully saturated rings. The largest absolute Gasteiger partial charge is 0.497 e. The van der Waals surface area contributed by atoms with Gasteiger partial charge < -0.3 is 15.2 Å². The van der Waals surface area contributed by atoms with Gasteiger partial charge in [-0.2, -0.15) is 0 Å². The fourth-order valence-electron chi connectivity index (χ4n) is 2.04. The van der Waals surface area contributed by atoms with Crippen molar-refractivity contribution in [3.05, 3.63) is 54.1 Å². The molecule has 0 aliphatic rings. The van der Waals surface area contributed by atoms with E-state index in [2.05, 4.69) is 18.0 Å². The summed E-state index contributed by atoms with van der Waals surface area (Å²) in [5, 5.41) is 0. The topological polar surface area (TPSA) is 47.7 Å². The number of hydrogen-bond acceptors (Lipinski definition) is 4. The first-order valence-electron chi connectivity index (χ1n) is 6.98. The van der Waals surface area contributed by atoms with Crippen LogP contribution in [0.25, 0.3) is 0 Å². The summed E-state index contributed by atoms with van der Waals surface area (Å²) in [5.41, 5.74) is 7.92. The van der Waals surface area contributed by atoms with Gasteiger partial charge in [0.05, 0.1) is 7.11 Å². The number of hydrogen-bond donors (Lipinski definition) is 1. The highest BCUT2D eigenvalue weighted by Gasteiger charge is 2.03. The first-order valence-corrected chi connectivity index (χ1v) is 6.98. The Morgan fingerprint density at radius 1 is 1.00 bits per heavy atom. The van der Waals surface area contributed by atoms with Gasteiger partial charge in [-0.05, 0) is 42.9 Å². The molecule has 21 heavy (non-hydrogen) atoms. The summed E-state index contributed by atoms with van der Waals surface area (Å²) in [6.07, 6.45) is 0. The number of rotatable bonds is 7. The van der Waals surface area contributed by atoms with E-state index in [1.165, 1.54) is 0 Å². The van der Waals surface area contributed by atoms with Crippen molar-refractivity contribution in [3.63, 3.8) is 0 Å². The van der Waals surface area contributed by atoms with Gasteiger partial charge in [0.15, 0.2) is 0 Å². The second-order valence-electron chi connectivity index (χ2n) is 4.96. The molecular formula is C17H22N2O2. The number of methoxy groups -OCH3 is 1. The van der Waals surface area contributed by atoms with E-state index in [9.17, 15) is 0 Å². The molecule has 2 rings (SSSR count). The van der Waals surface area contributed by atoms with Crippen molar-refractivity contribution in [2.45, 2.75) is 6.54 Å². The number of nitrogens with two attached hydrogens (primary N) is 1. The maximum atomic E-state index is 5.95. The molecular weight excluding hydrogens is 264 g/mol. The number of anilines is 1. The SMILES string of the molecule is COc1ccc(OCCN(C)Cc2ccccc2N)cc1. The van der Waals surface area contributed by atoms with Crippen LogP contribution in [0.1, 0.15) is 5.56 Å². The number of likely N-dealkylation sites (N-methyl/N-ethyl adjacent to an activating group) is 1. The minimum absolute atomic E-state index is 0.634. The average Bonchev–Trinajstić information content (AvgIpc) is 2.50. The van der Waals surface area contributed by atoms with Gasteiger partial charge in [0.2, 0.25) is 0 Å². The molecule has 0 aliphatic carbocycles. The molecule has 2 N–H and O–H groups in total. The van der Waals surface area contributed by atoms with Gasteiger partial charge in [0, 0.05) is 18.8 Å². The summed E-state index contributed by atoms with van der Waals surface area (Å²) in [5.74, 6) is 1.68. The predicted molar refractivity (Wildman–Crippen MR) is 85.7 cm³/mol. The van der Waals surface area contributed by atoms with Crippen LogP contribution in [-0.4, -0.2) is 32.2 Å². The third kappa shape index (κ3) is 4.68. The quantitative estimate of drug-likeness (QED) is 0.795. The lowest BCUT2D eigenvalue weighted by atomic mass is 10.2. The molecule has 0 unspecified atom stereocenters. The summed E-state index contributed by atoms with van der Waals surface area (Å²) >= 11 is 0. The monoisotopic (exact) mass is 286 g/mol. The van der Waals surface area contributed by atoms with Crippen LogP contribution in [0.3, 0.4) is 0 Å². The second kappa shape index (κ2) is 7.55. The molecule has 0 heterocycles. The zero-order chi connectivity index (χ0) is 15.1. The number of nitrogens with zero attached hydrogens (tertiary/aromatic N) is 1. The lowest BCUT2D eigenvalue weighted by molar-refractivity contribution is 0.233. The van der Waals surface area contributed by atoms with Crippen LogP contribution in [-0.2, 0) is 6.54 Å². The van der Waals surface area contributed by atoms with Crippen LogP contribution in [0.2, 0.25) is 0 Å². The third-order valence-corrected chi connectivity index (χ3v) is 3.30. The first kappa shape index (κ1) is 15.2. The van der Waals surface area contributed by atoms with Gasteiger partial charge >= 0.3 is 0 Å². The Hall–Kier alpha value is -2.20. The molecule has 2 aromatic rings. The number of nitrogen functional groups attached to an aromatic ring is 1. The minimum atomic E-state index is 0.634. The maximum Gasteiger partial charge on any atom is 0.119 e. The van der Waals surface area contributed by atoms with Crippen LogP contribution >= 0.6 is 0 Å². The summed E-state index contributed by atoms with van der Waals surface area (Å²) in [6, 6.07) is 15.5. The zero-order valence-corrected chi connectivity index (χ0v) is 12.6. The zero-order valence-electron chi connectivity index (χ0n) is 12.6. The molecule has 0 saturated carbocycles. The fraction of sp³-hybridized carbons (Fsp3) is 0.294. The van der Waals surface area contributed by atoms with Gasteiger partial charge in [-0.3, -0.25) is 4.90 Å². The lowest BCUT2D eigenvalue weighted by Gasteiger charge is -2.18. The van der Waals surface area contributed by atoms with E-state index in [0.29, 0.717) is 6.61 Å². The van der Waals surface area contributed by atoms with E-state index in [4.69, 9.17) is 15.2 Å². The molecule has 112 valence electrons. The highest BCUT2D eigenvalue weighted by molar-refractivity contribution is 5.46. The second-order valence-corrected chi connectivity index (χ2v) is 4.96. The Balaban J connectivity index is 1.76. The van der Waals surface area contributed by atoms with Gasteiger partial charge in [-0.1, -0.05) is 18.2 Å². The Bertz CT molecular complexity index is 555. The van der Waals surface area contributed by atoms with E-state index in [1.807, 2.05) is 42.5 Å². The molecule has 4 heteroatoms. The van der Waals surface area contributed by atoms with Crippen LogP contribution in [0.4, 0.5) is 5.69 Å². The van der Waals surface area contributed by atoms with Gasteiger partial charge in [0.25, 0.3) is 0 Å². The van der Waals surface area contributed by atoms with Crippen molar-refractivity contribution in [2.75, 3.05) is 33.0 Å². The van der Waals surface area contributed by atoms with Crippen LogP contribution in [0, 0.1) is 0 Å². The van der Waals surface area contributed by atoms with Crippen LogP contribution in [0.15, 0.2) is 48.5 Å². The van der Waals surface area contributed by atoms with E-state index in [1.54, 1.807) is 7.11 Å². The summed E-state index contributed by atoms with van der Waals surface area (Å²) in [4.78, 5) is 2.19. The van der Waals surface area contributed by atoms with E-state index >= 15 is 0 Å². The Kier molecular flexibility index (Phi) is 5.46. The van der Waals surface area contributed by atoms with Gasteiger partial charge in [-0.25, -0.2) is 0 Å². The lowest BCUT2D eigenvalue weighted by Crippen LogP contribution is -2.24. The van der Waals surface area contributed by atoms with Crippen LogP contribution < -0.4 is 15.2 Å². The number of benzene rings is 2. The molecule has 0 amide bonds. The molecule has 0 aromatic heterocycles. The van der Waals surface area contributed by atoms with Crippen molar-refractivity contribution in [2.24, 2.45) is 0 Å². The first-order chi connectivity index (χ1) is 10.2. The molecule has 0 atom stereocenters. The van der Waals surface area contributed by atoms with E-state index in [0.717, 1.165) is 35.8 Å². The van der Waals surface area contributed by atoms with E-state index in [-0.39, 0.29) is 0 Å². The van der Waals surface area contributed by atoms with E-state index < -0.39 is 0 Å². The van der Waals surface area contributed by atoms with Crippen molar-refractivity contribution in [3.8, 4) is 11.5 Å². The molecule has 0 aliphatic heterocycles. The standard InChI is InChI=1S/C17H22N2O2/c1-19(13-14-5-3-4-6-17(14)18)11-12-21-16-9-7-15(20-2)8-10-16/h3-10H,11-13,18H2,1-2H3. The Morgan fingerprint density at radius 2 is 1.67 bits per heavy atom. The van der Waals surface area contributed by atoms with Crippen molar-refractivity contribution >= 4 is 5.69 Å². The van der Waals surface area contributed by atoms with Gasteiger partial charge in [0.1, 0.15) is 18.1 Å². The normalized spacial score (nSPS) is 10.6. The molecule has 2 aromatic carbocycles. The minimum Gasteiger partial charge on any atom is -0.497 e. The Morgan fingerprint density at radius 3 is 2.33 bits per heavy atom. The van der Waals surface area contributed by atoms with Crippen molar-refractivity contribution in [1.82, 2.24) is 4.90 Å². The van der Waals surface area contributed by atoms with Crippen molar-refractivity contribution in [1.29, 1.82) is 0 Å². The van der Waals surface area contributed by atoms with Crippen molar-refractivity contribution < 1.29 is 9.47 Å². The predicted octanol–water partition coefficient (Wildman–Crippen LogP) is 2.79. The molecule has 0 bridgehead atoms. The molecule has 4 nitrogen and oxygen atoms in total. The van der Waals surface area contributed by atoms with Crippen LogP contribution in [0.5, 0.6) is 11.5 Å².